The van der Waals surface area contributed by atoms with Crippen molar-refractivity contribution in [2.45, 2.75) is 44.2 Å². The van der Waals surface area contributed by atoms with Gasteiger partial charge in [0.2, 0.25) is 5.91 Å². The van der Waals surface area contributed by atoms with Crippen molar-refractivity contribution in [1.82, 2.24) is 14.9 Å². The van der Waals surface area contributed by atoms with Crippen molar-refractivity contribution >= 4 is 39.2 Å². The molecule has 2 aromatic heterocycles. The van der Waals surface area contributed by atoms with Crippen LogP contribution in [0.15, 0.2) is 51.2 Å². The molecule has 3 aromatic rings. The van der Waals surface area contributed by atoms with Gasteiger partial charge in [0.25, 0.3) is 5.56 Å². The van der Waals surface area contributed by atoms with Crippen LogP contribution >= 0.6 is 23.1 Å². The van der Waals surface area contributed by atoms with E-state index in [1.165, 1.54) is 58.2 Å². The Labute approximate surface area is 188 Å². The summed E-state index contributed by atoms with van der Waals surface area (Å²) in [5, 5.41) is 5.21. The van der Waals surface area contributed by atoms with Crippen LogP contribution in [0.2, 0.25) is 0 Å². The highest BCUT2D eigenvalue weighted by Gasteiger charge is 2.17. The molecule has 8 heteroatoms. The lowest BCUT2D eigenvalue weighted by atomic mass is 9.97. The second-order valence-corrected chi connectivity index (χ2v) is 9.46. The molecule has 0 aliphatic heterocycles. The molecule has 31 heavy (non-hydrogen) atoms. The summed E-state index contributed by atoms with van der Waals surface area (Å²) in [6, 6.07) is 6.09. The number of amides is 1. The van der Waals surface area contributed by atoms with Crippen molar-refractivity contribution in [2.24, 2.45) is 0 Å². The molecule has 1 N–H and O–H groups in total. The van der Waals surface area contributed by atoms with Crippen molar-refractivity contribution in [3.8, 4) is 5.69 Å². The van der Waals surface area contributed by atoms with E-state index in [9.17, 15) is 14.0 Å². The molecule has 2 heterocycles. The average molecular weight is 458 g/mol. The van der Waals surface area contributed by atoms with Gasteiger partial charge < -0.3 is 5.32 Å². The SMILES string of the molecule is Cc1cc(F)ccc1-n1c(SCC(=O)NCCC2=CCCCC2)nc2ccsc2c1=O. The third-order valence-electron chi connectivity index (χ3n) is 5.33. The topological polar surface area (TPSA) is 64.0 Å². The zero-order chi connectivity index (χ0) is 21.8. The zero-order valence-corrected chi connectivity index (χ0v) is 19.0. The highest BCUT2D eigenvalue weighted by atomic mass is 32.2. The quantitative estimate of drug-likeness (QED) is 0.308. The summed E-state index contributed by atoms with van der Waals surface area (Å²) < 4.78 is 15.6. The van der Waals surface area contributed by atoms with Crippen LogP contribution in [-0.4, -0.2) is 27.8 Å². The number of thiophene rings is 1. The van der Waals surface area contributed by atoms with Gasteiger partial charge in [-0.3, -0.25) is 14.2 Å². The molecule has 0 fully saturated rings. The maximum atomic E-state index is 13.6. The van der Waals surface area contributed by atoms with Crippen molar-refractivity contribution < 1.29 is 9.18 Å². The van der Waals surface area contributed by atoms with Crippen LogP contribution in [0.1, 0.15) is 37.7 Å². The van der Waals surface area contributed by atoms with E-state index in [1.807, 2.05) is 5.38 Å². The Hall–Kier alpha value is -2.45. The van der Waals surface area contributed by atoms with Crippen LogP contribution in [0.3, 0.4) is 0 Å². The summed E-state index contributed by atoms with van der Waals surface area (Å²) in [7, 11) is 0. The summed E-state index contributed by atoms with van der Waals surface area (Å²) in [5.41, 5.74) is 3.03. The maximum absolute atomic E-state index is 13.6. The van der Waals surface area contributed by atoms with E-state index >= 15 is 0 Å². The molecule has 0 radical (unpaired) electrons. The van der Waals surface area contributed by atoms with Gasteiger partial charge in [0.05, 0.1) is 17.0 Å². The van der Waals surface area contributed by atoms with E-state index in [2.05, 4.69) is 16.4 Å². The number of rotatable bonds is 7. The first kappa shape index (κ1) is 21.8. The van der Waals surface area contributed by atoms with Crippen LogP contribution in [0.4, 0.5) is 4.39 Å². The number of nitrogens with one attached hydrogen (secondary N) is 1. The highest BCUT2D eigenvalue weighted by molar-refractivity contribution is 7.99. The molecule has 1 aromatic carbocycles. The summed E-state index contributed by atoms with van der Waals surface area (Å²) in [6.45, 7) is 2.37. The second-order valence-electron chi connectivity index (χ2n) is 7.60. The molecule has 1 amide bonds. The van der Waals surface area contributed by atoms with Crippen LogP contribution in [0.25, 0.3) is 15.9 Å². The molecule has 4 rings (SSSR count). The van der Waals surface area contributed by atoms with Crippen LogP contribution in [0, 0.1) is 12.7 Å². The van der Waals surface area contributed by atoms with E-state index in [0.29, 0.717) is 33.2 Å². The summed E-state index contributed by atoms with van der Waals surface area (Å²) in [5.74, 6) is -0.300. The van der Waals surface area contributed by atoms with Gasteiger partial charge in [-0.15, -0.1) is 11.3 Å². The maximum Gasteiger partial charge on any atom is 0.276 e. The standard InChI is InChI=1S/C23H24FN3O2S2/c1-15-13-17(24)7-8-19(15)27-22(29)21-18(10-12-30-21)26-23(27)31-14-20(28)25-11-9-16-5-3-2-4-6-16/h5,7-8,10,12-13H,2-4,6,9,11,14H2,1H3,(H,25,28). The lowest BCUT2D eigenvalue weighted by Crippen LogP contribution is -2.27. The van der Waals surface area contributed by atoms with Gasteiger partial charge >= 0.3 is 0 Å². The number of carbonyl (C=O) groups is 1. The summed E-state index contributed by atoms with van der Waals surface area (Å²) >= 11 is 2.54. The first-order valence-electron chi connectivity index (χ1n) is 10.4. The molecule has 0 atom stereocenters. The van der Waals surface area contributed by atoms with Gasteiger partial charge in [0.15, 0.2) is 5.16 Å². The number of halogens is 1. The van der Waals surface area contributed by atoms with Crippen molar-refractivity contribution in [3.05, 3.63) is 63.0 Å². The van der Waals surface area contributed by atoms with E-state index in [1.54, 1.807) is 19.1 Å². The molecule has 0 spiro atoms. The number of thioether (sulfide) groups is 1. The number of aryl methyl sites for hydroxylation is 1. The molecule has 5 nitrogen and oxygen atoms in total. The molecule has 0 bridgehead atoms. The fraction of sp³-hybridized carbons (Fsp3) is 0.348. The normalized spacial score (nSPS) is 13.9. The van der Waals surface area contributed by atoms with E-state index in [-0.39, 0.29) is 23.0 Å². The van der Waals surface area contributed by atoms with E-state index in [0.717, 1.165) is 19.3 Å². The number of hydrogen-bond acceptors (Lipinski definition) is 5. The first-order chi connectivity index (χ1) is 15.0. The van der Waals surface area contributed by atoms with Crippen LogP contribution in [0.5, 0.6) is 0 Å². The Kier molecular flexibility index (Phi) is 6.87. The minimum Gasteiger partial charge on any atom is -0.355 e. The van der Waals surface area contributed by atoms with Crippen molar-refractivity contribution in [3.63, 3.8) is 0 Å². The number of aromatic nitrogens is 2. The van der Waals surface area contributed by atoms with Crippen molar-refractivity contribution in [2.75, 3.05) is 12.3 Å². The predicted molar refractivity (Wildman–Crippen MR) is 125 cm³/mol. The Morgan fingerprint density at radius 1 is 1.32 bits per heavy atom. The fourth-order valence-electron chi connectivity index (χ4n) is 3.75. The zero-order valence-electron chi connectivity index (χ0n) is 17.3. The fourth-order valence-corrected chi connectivity index (χ4v) is 5.34. The number of carbonyl (C=O) groups excluding carboxylic acids is 1. The third-order valence-corrected chi connectivity index (χ3v) is 7.16. The number of benzene rings is 1. The van der Waals surface area contributed by atoms with Gasteiger partial charge in [0.1, 0.15) is 10.5 Å². The number of allylic oxidation sites excluding steroid dienone is 1. The Morgan fingerprint density at radius 3 is 2.97 bits per heavy atom. The minimum absolute atomic E-state index is 0.0940. The number of fused-ring (bicyclic) bond motifs is 1. The largest absolute Gasteiger partial charge is 0.355 e. The smallest absolute Gasteiger partial charge is 0.276 e. The second kappa shape index (κ2) is 9.78. The van der Waals surface area contributed by atoms with Gasteiger partial charge in [-0.1, -0.05) is 23.4 Å². The molecule has 162 valence electrons. The molecule has 0 saturated carbocycles. The van der Waals surface area contributed by atoms with Crippen molar-refractivity contribution in [1.29, 1.82) is 0 Å². The molecule has 0 unspecified atom stereocenters. The molecule has 1 aliphatic rings. The summed E-state index contributed by atoms with van der Waals surface area (Å²) in [4.78, 5) is 30.2. The average Bonchev–Trinajstić information content (AvgIpc) is 3.23. The van der Waals surface area contributed by atoms with E-state index in [4.69, 9.17) is 0 Å². The summed E-state index contributed by atoms with van der Waals surface area (Å²) in [6.07, 6.45) is 7.91. The van der Waals surface area contributed by atoms with Gasteiger partial charge in [-0.05, 0) is 74.2 Å². The number of hydrogen-bond donors (Lipinski definition) is 1. The van der Waals surface area contributed by atoms with Crippen LogP contribution < -0.4 is 10.9 Å². The van der Waals surface area contributed by atoms with Crippen LogP contribution in [-0.2, 0) is 4.79 Å². The number of nitrogens with zero attached hydrogens (tertiary/aromatic N) is 2. The Balaban J connectivity index is 1.52. The first-order valence-corrected chi connectivity index (χ1v) is 12.2. The Bertz CT molecular complexity index is 1200. The van der Waals surface area contributed by atoms with Gasteiger partial charge in [0, 0.05) is 6.54 Å². The molecular weight excluding hydrogens is 433 g/mol. The Morgan fingerprint density at radius 2 is 2.19 bits per heavy atom. The third kappa shape index (κ3) is 5.07. The molecule has 1 aliphatic carbocycles. The highest BCUT2D eigenvalue weighted by Crippen LogP contribution is 2.25. The predicted octanol–water partition coefficient (Wildman–Crippen LogP) is 4.99. The lowest BCUT2D eigenvalue weighted by molar-refractivity contribution is -0.118. The van der Waals surface area contributed by atoms with Gasteiger partial charge in [-0.2, -0.15) is 0 Å². The lowest BCUT2D eigenvalue weighted by Gasteiger charge is -2.15. The van der Waals surface area contributed by atoms with E-state index < -0.39 is 0 Å². The minimum atomic E-state index is -0.360. The molecular formula is C23H24FN3O2S2. The molecule has 0 saturated heterocycles. The monoisotopic (exact) mass is 457 g/mol. The van der Waals surface area contributed by atoms with Gasteiger partial charge in [-0.25, -0.2) is 9.37 Å².